The molecule has 27 heavy (non-hydrogen) atoms. The summed E-state index contributed by atoms with van der Waals surface area (Å²) in [5, 5.41) is 6.97. The molecule has 0 aliphatic rings. The van der Waals surface area contributed by atoms with Crippen LogP contribution in [0.15, 0.2) is 85.3 Å². The monoisotopic (exact) mass is 351 g/mol. The van der Waals surface area contributed by atoms with E-state index in [0.717, 1.165) is 33.7 Å². The van der Waals surface area contributed by atoms with Crippen molar-refractivity contribution >= 4 is 16.4 Å². The van der Waals surface area contributed by atoms with Gasteiger partial charge in [0.1, 0.15) is 5.75 Å². The van der Waals surface area contributed by atoms with Gasteiger partial charge in [-0.3, -0.25) is 0 Å². The Labute approximate surface area is 156 Å². The van der Waals surface area contributed by atoms with E-state index in [-0.39, 0.29) is 0 Å². The number of hydrogen-bond acceptors (Lipinski definition) is 3. The Kier molecular flexibility index (Phi) is 3.61. The Morgan fingerprint density at radius 2 is 1.59 bits per heavy atom. The van der Waals surface area contributed by atoms with E-state index in [1.807, 2.05) is 47.4 Å². The van der Waals surface area contributed by atoms with Crippen LogP contribution in [0.1, 0.15) is 0 Å². The molecule has 0 spiro atoms. The third-order valence-corrected chi connectivity index (χ3v) is 4.86. The molecule has 0 saturated carbocycles. The molecule has 0 aliphatic carbocycles. The van der Waals surface area contributed by atoms with Crippen LogP contribution in [0, 0.1) is 0 Å². The maximum Gasteiger partial charge on any atom is 0.162 e. The third-order valence-electron chi connectivity index (χ3n) is 4.86. The first-order valence-electron chi connectivity index (χ1n) is 8.79. The first kappa shape index (κ1) is 15.6. The molecule has 4 nitrogen and oxygen atoms in total. The number of fused-ring (bicyclic) bond motifs is 2. The van der Waals surface area contributed by atoms with Gasteiger partial charge in [-0.1, -0.05) is 54.6 Å². The fourth-order valence-electron chi connectivity index (χ4n) is 3.46. The minimum absolute atomic E-state index is 0.838. The van der Waals surface area contributed by atoms with Crippen LogP contribution in [-0.2, 0) is 0 Å². The van der Waals surface area contributed by atoms with Gasteiger partial charge in [-0.05, 0) is 34.0 Å². The van der Waals surface area contributed by atoms with Crippen LogP contribution in [0.2, 0.25) is 0 Å². The summed E-state index contributed by atoms with van der Waals surface area (Å²) in [6.45, 7) is 0. The zero-order valence-corrected chi connectivity index (χ0v) is 14.8. The summed E-state index contributed by atoms with van der Waals surface area (Å²) < 4.78 is 7.07. The Morgan fingerprint density at radius 3 is 2.44 bits per heavy atom. The molecular formula is C23H17N3O. The van der Waals surface area contributed by atoms with Gasteiger partial charge in [0.25, 0.3) is 0 Å². The summed E-state index contributed by atoms with van der Waals surface area (Å²) in [4.78, 5) is 4.71. The molecule has 130 valence electrons. The van der Waals surface area contributed by atoms with Crippen molar-refractivity contribution < 1.29 is 4.74 Å². The molecule has 2 aromatic heterocycles. The lowest BCUT2D eigenvalue weighted by molar-refractivity contribution is 0.415. The summed E-state index contributed by atoms with van der Waals surface area (Å²) in [6, 6.07) is 22.7. The fraction of sp³-hybridized carbons (Fsp3) is 0.0435. The van der Waals surface area contributed by atoms with E-state index in [1.165, 1.54) is 10.8 Å². The molecule has 0 amide bonds. The Morgan fingerprint density at radius 1 is 0.778 bits per heavy atom. The topological polar surface area (TPSA) is 39.4 Å². The van der Waals surface area contributed by atoms with Crippen LogP contribution in [0.5, 0.6) is 5.75 Å². The molecule has 4 heteroatoms. The number of methoxy groups -OCH3 is 1. The second-order valence-corrected chi connectivity index (χ2v) is 6.42. The quantitative estimate of drug-likeness (QED) is 0.447. The van der Waals surface area contributed by atoms with Gasteiger partial charge >= 0.3 is 0 Å². The van der Waals surface area contributed by atoms with Crippen LogP contribution >= 0.6 is 0 Å². The average Bonchev–Trinajstić information content (AvgIpc) is 3.16. The first-order chi connectivity index (χ1) is 13.3. The van der Waals surface area contributed by atoms with Crippen LogP contribution in [0.3, 0.4) is 0 Å². The number of nitrogens with zero attached hydrogens (tertiary/aromatic N) is 3. The Bertz CT molecular complexity index is 1250. The highest BCUT2D eigenvalue weighted by Crippen LogP contribution is 2.31. The van der Waals surface area contributed by atoms with Gasteiger partial charge in [0.2, 0.25) is 0 Å². The minimum atomic E-state index is 0.838. The van der Waals surface area contributed by atoms with Crippen molar-refractivity contribution in [1.82, 2.24) is 14.6 Å². The lowest BCUT2D eigenvalue weighted by atomic mass is 10.0. The van der Waals surface area contributed by atoms with Crippen molar-refractivity contribution in [2.45, 2.75) is 0 Å². The Hall–Kier alpha value is -3.66. The van der Waals surface area contributed by atoms with E-state index < -0.39 is 0 Å². The van der Waals surface area contributed by atoms with Crippen LogP contribution in [0.25, 0.3) is 38.7 Å². The van der Waals surface area contributed by atoms with Gasteiger partial charge in [0.05, 0.1) is 13.3 Å². The molecule has 0 atom stereocenters. The zero-order chi connectivity index (χ0) is 18.2. The molecule has 2 heterocycles. The smallest absolute Gasteiger partial charge is 0.162 e. The van der Waals surface area contributed by atoms with Crippen LogP contribution in [0.4, 0.5) is 0 Å². The highest BCUT2D eigenvalue weighted by Gasteiger charge is 2.12. The SMILES string of the molecule is COc1ccc(-c2cnc3c(-c4cccc5ccccc45)cnn3c2)cc1. The van der Waals surface area contributed by atoms with Crippen LogP contribution in [-0.4, -0.2) is 21.7 Å². The number of benzene rings is 3. The molecule has 0 unspecified atom stereocenters. The summed E-state index contributed by atoms with van der Waals surface area (Å²) in [7, 11) is 1.67. The highest BCUT2D eigenvalue weighted by atomic mass is 16.5. The predicted molar refractivity (Wildman–Crippen MR) is 108 cm³/mol. The van der Waals surface area contributed by atoms with Gasteiger partial charge in [-0.2, -0.15) is 5.10 Å². The predicted octanol–water partition coefficient (Wildman–Crippen LogP) is 5.23. The second-order valence-electron chi connectivity index (χ2n) is 6.42. The molecule has 0 bridgehead atoms. The molecule has 0 N–H and O–H groups in total. The van der Waals surface area contributed by atoms with E-state index in [9.17, 15) is 0 Å². The Balaban J connectivity index is 1.63. The molecular weight excluding hydrogens is 334 g/mol. The van der Waals surface area contributed by atoms with Crippen molar-refractivity contribution in [3.05, 3.63) is 85.3 Å². The van der Waals surface area contributed by atoms with E-state index in [2.05, 4.69) is 47.6 Å². The van der Waals surface area contributed by atoms with E-state index in [1.54, 1.807) is 7.11 Å². The number of hydrogen-bond donors (Lipinski definition) is 0. The standard InChI is InChI=1S/C23H17N3O/c1-27-19-11-9-16(10-12-19)18-13-24-23-22(14-25-26(23)15-18)21-8-4-6-17-5-2-3-7-20(17)21/h2-15H,1H3. The summed E-state index contributed by atoms with van der Waals surface area (Å²) in [6.07, 6.45) is 5.80. The summed E-state index contributed by atoms with van der Waals surface area (Å²) in [5.41, 5.74) is 5.12. The fourth-order valence-corrected chi connectivity index (χ4v) is 3.46. The summed E-state index contributed by atoms with van der Waals surface area (Å²) in [5.74, 6) is 0.838. The average molecular weight is 351 g/mol. The molecule has 5 rings (SSSR count). The van der Waals surface area contributed by atoms with Crippen molar-refractivity contribution in [3.8, 4) is 28.0 Å². The first-order valence-corrected chi connectivity index (χ1v) is 8.79. The second kappa shape index (κ2) is 6.25. The number of rotatable bonds is 3. The number of ether oxygens (including phenoxy) is 1. The molecule has 0 saturated heterocycles. The van der Waals surface area contributed by atoms with E-state index in [4.69, 9.17) is 9.72 Å². The van der Waals surface area contributed by atoms with Crippen molar-refractivity contribution in [2.24, 2.45) is 0 Å². The van der Waals surface area contributed by atoms with E-state index >= 15 is 0 Å². The lowest BCUT2D eigenvalue weighted by Crippen LogP contribution is -1.92. The maximum atomic E-state index is 5.23. The third kappa shape index (κ3) is 2.62. The molecule has 0 aliphatic heterocycles. The largest absolute Gasteiger partial charge is 0.497 e. The van der Waals surface area contributed by atoms with Crippen LogP contribution < -0.4 is 4.74 Å². The van der Waals surface area contributed by atoms with Crippen molar-refractivity contribution in [1.29, 1.82) is 0 Å². The molecule has 5 aromatic rings. The maximum absolute atomic E-state index is 5.23. The molecule has 3 aromatic carbocycles. The zero-order valence-electron chi connectivity index (χ0n) is 14.8. The number of aromatic nitrogens is 3. The van der Waals surface area contributed by atoms with E-state index in [0.29, 0.717) is 0 Å². The van der Waals surface area contributed by atoms with Crippen molar-refractivity contribution in [3.63, 3.8) is 0 Å². The van der Waals surface area contributed by atoms with Gasteiger partial charge < -0.3 is 4.74 Å². The highest BCUT2D eigenvalue weighted by molar-refractivity contribution is 5.99. The van der Waals surface area contributed by atoms with Gasteiger partial charge in [0.15, 0.2) is 5.65 Å². The minimum Gasteiger partial charge on any atom is -0.497 e. The normalized spacial score (nSPS) is 11.1. The van der Waals surface area contributed by atoms with Gasteiger partial charge in [-0.25, -0.2) is 9.50 Å². The summed E-state index contributed by atoms with van der Waals surface area (Å²) >= 11 is 0. The lowest BCUT2D eigenvalue weighted by Gasteiger charge is -2.06. The van der Waals surface area contributed by atoms with Crippen molar-refractivity contribution in [2.75, 3.05) is 7.11 Å². The molecule has 0 fully saturated rings. The van der Waals surface area contributed by atoms with Gasteiger partial charge in [0, 0.05) is 23.5 Å². The van der Waals surface area contributed by atoms with Gasteiger partial charge in [-0.15, -0.1) is 0 Å². The molecule has 0 radical (unpaired) electrons.